The van der Waals surface area contributed by atoms with E-state index in [1.54, 1.807) is 40.2 Å². The highest BCUT2D eigenvalue weighted by Gasteiger charge is 2.41. The van der Waals surface area contributed by atoms with Crippen LogP contribution in [0.1, 0.15) is 49.7 Å². The summed E-state index contributed by atoms with van der Waals surface area (Å²) in [5, 5.41) is 14.7. The molecule has 0 fully saturated rings. The monoisotopic (exact) mass is 492 g/mol. The van der Waals surface area contributed by atoms with E-state index >= 15 is 0 Å². The summed E-state index contributed by atoms with van der Waals surface area (Å²) in [4.78, 5) is 37.6. The summed E-state index contributed by atoms with van der Waals surface area (Å²) >= 11 is 0. The van der Waals surface area contributed by atoms with E-state index in [1.807, 2.05) is 18.2 Å². The molecule has 2 aromatic carbocycles. The number of nitro groups is 1. The number of esters is 1. The van der Waals surface area contributed by atoms with Gasteiger partial charge in [0.1, 0.15) is 0 Å². The van der Waals surface area contributed by atoms with Gasteiger partial charge in [-0.3, -0.25) is 14.9 Å². The zero-order valence-corrected chi connectivity index (χ0v) is 20.6. The van der Waals surface area contributed by atoms with Crippen molar-refractivity contribution < 1.29 is 28.7 Å². The highest BCUT2D eigenvalue weighted by atomic mass is 16.6. The number of methoxy groups -OCH3 is 2. The number of allylic oxidation sites excluding steroid dienone is 3. The van der Waals surface area contributed by atoms with E-state index in [9.17, 15) is 19.7 Å². The molecular formula is C27H28N2O7. The maximum Gasteiger partial charge on any atom is 0.336 e. The molecule has 0 bridgehead atoms. The molecule has 2 aromatic rings. The van der Waals surface area contributed by atoms with Gasteiger partial charge in [0, 0.05) is 41.4 Å². The lowest BCUT2D eigenvalue weighted by molar-refractivity contribution is -0.384. The second-order valence-corrected chi connectivity index (χ2v) is 8.70. The molecule has 1 aliphatic heterocycles. The lowest BCUT2D eigenvalue weighted by atomic mass is 9.71. The number of hydrogen-bond donors (Lipinski definition) is 1. The summed E-state index contributed by atoms with van der Waals surface area (Å²) in [5.74, 6) is -0.392. The predicted octanol–water partition coefficient (Wildman–Crippen LogP) is 4.54. The van der Waals surface area contributed by atoms with Crippen LogP contribution in [0, 0.1) is 10.1 Å². The van der Waals surface area contributed by atoms with Gasteiger partial charge in [-0.15, -0.1) is 0 Å². The van der Waals surface area contributed by atoms with Crippen LogP contribution in [0.4, 0.5) is 5.69 Å². The van der Waals surface area contributed by atoms with E-state index in [1.165, 1.54) is 12.1 Å². The molecule has 2 atom stereocenters. The van der Waals surface area contributed by atoms with Crippen LogP contribution in [0.15, 0.2) is 65.0 Å². The first kappa shape index (κ1) is 25.0. The molecule has 1 N–H and O–H groups in total. The number of carbonyl (C=O) groups is 2. The highest BCUT2D eigenvalue weighted by molar-refractivity contribution is 6.04. The minimum absolute atomic E-state index is 0.111. The summed E-state index contributed by atoms with van der Waals surface area (Å²) < 4.78 is 16.1. The number of non-ortho nitro benzene ring substituents is 1. The molecule has 0 saturated carbocycles. The lowest BCUT2D eigenvalue weighted by Gasteiger charge is -2.36. The second kappa shape index (κ2) is 10.2. The van der Waals surface area contributed by atoms with Crippen molar-refractivity contribution in [2.24, 2.45) is 0 Å². The van der Waals surface area contributed by atoms with Gasteiger partial charge in [-0.1, -0.05) is 18.2 Å². The molecule has 1 aliphatic carbocycles. The van der Waals surface area contributed by atoms with Gasteiger partial charge in [0.25, 0.3) is 5.69 Å². The Kier molecular flexibility index (Phi) is 7.10. The third-order valence-electron chi connectivity index (χ3n) is 6.62. The van der Waals surface area contributed by atoms with Gasteiger partial charge in [-0.05, 0) is 49.4 Å². The van der Waals surface area contributed by atoms with Crippen LogP contribution in [0.25, 0.3) is 0 Å². The van der Waals surface area contributed by atoms with Gasteiger partial charge in [-0.2, -0.15) is 0 Å². The SMILES string of the molecule is CCOC(=O)C1=C(C)NC2=C(C(=O)C[C@H](c3ccc(OC)c(OC)c3)C2)[C@@H]1c1cccc([N+](=O)[O-])c1. The standard InChI is InChI=1S/C27H28N2O7/c1-5-36-27(31)24-15(2)28-20-12-18(16-9-10-22(34-3)23(14-16)35-4)13-21(30)26(20)25(24)17-7-6-8-19(11-17)29(32)33/h6-11,14,18,25,28H,5,12-13H2,1-4H3/t18-,25-/m1/s1. The topological polar surface area (TPSA) is 117 Å². The normalized spacial score (nSPS) is 19.4. The van der Waals surface area contributed by atoms with Gasteiger partial charge >= 0.3 is 5.97 Å². The average molecular weight is 493 g/mol. The summed E-state index contributed by atoms with van der Waals surface area (Å²) in [6.07, 6.45) is 0.742. The number of nitrogens with zero attached hydrogens (tertiary/aromatic N) is 1. The number of dihydropyridines is 1. The molecule has 4 rings (SSSR count). The number of hydrogen-bond acceptors (Lipinski definition) is 8. The van der Waals surface area contributed by atoms with Crippen LogP contribution < -0.4 is 14.8 Å². The smallest absolute Gasteiger partial charge is 0.336 e. The Hall–Kier alpha value is -4.14. The zero-order valence-electron chi connectivity index (χ0n) is 20.6. The van der Waals surface area contributed by atoms with Gasteiger partial charge < -0.3 is 19.5 Å². The van der Waals surface area contributed by atoms with Crippen LogP contribution in [0.5, 0.6) is 11.5 Å². The van der Waals surface area contributed by atoms with Crippen LogP contribution in [0.2, 0.25) is 0 Å². The van der Waals surface area contributed by atoms with Crippen LogP contribution >= 0.6 is 0 Å². The number of nitrogens with one attached hydrogen (secondary N) is 1. The first-order valence-corrected chi connectivity index (χ1v) is 11.7. The van der Waals surface area contributed by atoms with E-state index in [4.69, 9.17) is 14.2 Å². The third-order valence-corrected chi connectivity index (χ3v) is 6.62. The molecule has 0 saturated heterocycles. The number of Topliss-reactive ketones (excluding diaryl/α,β-unsaturated/α-hetero) is 1. The Morgan fingerprint density at radius 3 is 2.50 bits per heavy atom. The molecule has 1 heterocycles. The second-order valence-electron chi connectivity index (χ2n) is 8.70. The molecule has 0 spiro atoms. The maximum absolute atomic E-state index is 13.7. The molecule has 36 heavy (non-hydrogen) atoms. The van der Waals surface area contributed by atoms with E-state index in [-0.39, 0.29) is 36.0 Å². The van der Waals surface area contributed by atoms with Crippen molar-refractivity contribution >= 4 is 17.4 Å². The molecule has 9 nitrogen and oxygen atoms in total. The Balaban J connectivity index is 1.80. The fourth-order valence-electron chi connectivity index (χ4n) is 5.01. The minimum Gasteiger partial charge on any atom is -0.493 e. The largest absolute Gasteiger partial charge is 0.493 e. The minimum atomic E-state index is -0.765. The molecule has 9 heteroatoms. The highest BCUT2D eigenvalue weighted by Crippen LogP contribution is 2.46. The van der Waals surface area contributed by atoms with E-state index in [2.05, 4.69) is 5.32 Å². The average Bonchev–Trinajstić information content (AvgIpc) is 2.87. The quantitative estimate of drug-likeness (QED) is 0.340. The van der Waals surface area contributed by atoms with Gasteiger partial charge in [0.2, 0.25) is 0 Å². The molecule has 2 aliphatic rings. The number of ether oxygens (including phenoxy) is 3. The third kappa shape index (κ3) is 4.56. The van der Waals surface area contributed by atoms with Crippen molar-refractivity contribution in [1.29, 1.82) is 0 Å². The fourth-order valence-corrected chi connectivity index (χ4v) is 5.01. The van der Waals surface area contributed by atoms with Crippen molar-refractivity contribution in [3.05, 3.63) is 86.2 Å². The summed E-state index contributed by atoms with van der Waals surface area (Å²) in [5.41, 5.74) is 3.31. The van der Waals surface area contributed by atoms with Crippen LogP contribution in [-0.4, -0.2) is 37.5 Å². The Labute approximate surface area is 208 Å². The summed E-state index contributed by atoms with van der Waals surface area (Å²) in [6.45, 7) is 3.62. The number of carbonyl (C=O) groups excluding carboxylic acids is 2. The fraction of sp³-hybridized carbons (Fsp3) is 0.333. The molecular weight excluding hydrogens is 464 g/mol. The number of ketones is 1. The van der Waals surface area contributed by atoms with Crippen molar-refractivity contribution in [3.8, 4) is 11.5 Å². The van der Waals surface area contributed by atoms with Crippen LogP contribution in [0.3, 0.4) is 0 Å². The molecule has 188 valence electrons. The Morgan fingerprint density at radius 1 is 1.08 bits per heavy atom. The van der Waals surface area contributed by atoms with Crippen molar-refractivity contribution in [3.63, 3.8) is 0 Å². The van der Waals surface area contributed by atoms with E-state index < -0.39 is 16.8 Å². The zero-order chi connectivity index (χ0) is 26.0. The Morgan fingerprint density at radius 2 is 1.83 bits per heavy atom. The van der Waals surface area contributed by atoms with Crippen LogP contribution in [-0.2, 0) is 14.3 Å². The lowest BCUT2D eigenvalue weighted by Crippen LogP contribution is -2.36. The molecule has 0 unspecified atom stereocenters. The summed E-state index contributed by atoms with van der Waals surface area (Å²) in [6, 6.07) is 11.7. The molecule has 0 radical (unpaired) electrons. The molecule has 0 amide bonds. The number of nitro benzene ring substituents is 1. The van der Waals surface area contributed by atoms with Crippen molar-refractivity contribution in [2.45, 2.75) is 38.5 Å². The Bertz CT molecular complexity index is 1290. The maximum atomic E-state index is 13.7. The van der Waals surface area contributed by atoms with E-state index in [0.717, 1.165) is 5.56 Å². The molecule has 0 aromatic heterocycles. The van der Waals surface area contributed by atoms with Gasteiger partial charge in [0.15, 0.2) is 17.3 Å². The number of rotatable bonds is 7. The number of benzene rings is 2. The first-order valence-electron chi connectivity index (χ1n) is 11.7. The first-order chi connectivity index (χ1) is 17.3. The van der Waals surface area contributed by atoms with Crippen molar-refractivity contribution in [2.75, 3.05) is 20.8 Å². The van der Waals surface area contributed by atoms with Gasteiger partial charge in [-0.25, -0.2) is 4.79 Å². The van der Waals surface area contributed by atoms with E-state index in [0.29, 0.717) is 40.5 Å². The summed E-state index contributed by atoms with van der Waals surface area (Å²) in [7, 11) is 3.13. The van der Waals surface area contributed by atoms with Gasteiger partial charge in [0.05, 0.1) is 31.3 Å². The predicted molar refractivity (Wildman–Crippen MR) is 132 cm³/mol. The van der Waals surface area contributed by atoms with Crippen molar-refractivity contribution in [1.82, 2.24) is 5.32 Å².